The minimum Gasteiger partial charge on any atom is -0.348 e. The normalized spacial score (nSPS) is 35.0. The van der Waals surface area contributed by atoms with E-state index >= 15 is 0 Å². The number of carbonyl (C=O) groups excluding carboxylic acids is 1. The molecule has 2 unspecified atom stereocenters. The van der Waals surface area contributed by atoms with E-state index in [9.17, 15) is 4.79 Å². The van der Waals surface area contributed by atoms with E-state index in [1.54, 1.807) is 0 Å². The molecular weight excluding hydrogens is 332 g/mol. The van der Waals surface area contributed by atoms with Gasteiger partial charge in [-0.3, -0.25) is 4.79 Å². The molecule has 3 aliphatic carbocycles. The fourth-order valence-corrected chi connectivity index (χ4v) is 5.72. The van der Waals surface area contributed by atoms with Gasteiger partial charge in [-0.15, -0.1) is 0 Å². The van der Waals surface area contributed by atoms with Crippen LogP contribution in [0.3, 0.4) is 0 Å². The van der Waals surface area contributed by atoms with Crippen LogP contribution in [-0.2, 0) is 23.7 Å². The number of Topliss-reactive ketones (excluding diaryl/α,β-unsaturated/α-hetero) is 1. The zero-order chi connectivity index (χ0) is 17.8. The van der Waals surface area contributed by atoms with E-state index in [1.165, 1.54) is 11.1 Å². The Hall–Kier alpha value is -1.01. The second-order valence-electron chi connectivity index (χ2n) is 8.36. The summed E-state index contributed by atoms with van der Waals surface area (Å²) in [6, 6.07) is 0. The first-order valence-electron chi connectivity index (χ1n) is 10.1. The highest BCUT2D eigenvalue weighted by atomic mass is 16.7. The van der Waals surface area contributed by atoms with Gasteiger partial charge in [-0.25, -0.2) is 0 Å². The highest BCUT2D eigenvalue weighted by Gasteiger charge is 2.53. The van der Waals surface area contributed by atoms with Gasteiger partial charge < -0.3 is 18.9 Å². The zero-order valence-electron chi connectivity index (χ0n) is 15.6. The Morgan fingerprint density at radius 3 is 2.54 bits per heavy atom. The van der Waals surface area contributed by atoms with Crippen molar-refractivity contribution in [2.45, 2.75) is 63.4 Å². The summed E-state index contributed by atoms with van der Waals surface area (Å²) in [5.41, 5.74) is 3.77. The van der Waals surface area contributed by atoms with Gasteiger partial charge in [0.2, 0.25) is 0 Å². The van der Waals surface area contributed by atoms with Crippen molar-refractivity contribution in [3.05, 3.63) is 22.8 Å². The highest BCUT2D eigenvalue weighted by molar-refractivity contribution is 5.97. The van der Waals surface area contributed by atoms with Crippen molar-refractivity contribution in [1.82, 2.24) is 0 Å². The third-order valence-electron chi connectivity index (χ3n) is 6.99. The maximum absolute atomic E-state index is 12.7. The second-order valence-corrected chi connectivity index (χ2v) is 8.36. The van der Waals surface area contributed by atoms with Gasteiger partial charge in [-0.05, 0) is 55.6 Å². The molecule has 1 spiro atoms. The van der Waals surface area contributed by atoms with Crippen LogP contribution < -0.4 is 0 Å². The van der Waals surface area contributed by atoms with Crippen LogP contribution >= 0.6 is 0 Å². The molecule has 2 aliphatic heterocycles. The van der Waals surface area contributed by atoms with E-state index in [0.29, 0.717) is 50.5 Å². The lowest BCUT2D eigenvalue weighted by Crippen LogP contribution is -2.35. The Balaban J connectivity index is 1.41. The molecule has 0 radical (unpaired) electrons. The van der Waals surface area contributed by atoms with E-state index in [0.717, 1.165) is 44.1 Å². The lowest BCUT2D eigenvalue weighted by Gasteiger charge is -2.38. The monoisotopic (exact) mass is 360 g/mol. The molecule has 1 saturated carbocycles. The predicted octanol–water partition coefficient (Wildman–Crippen LogP) is 3.29. The Kier molecular flexibility index (Phi) is 4.12. The number of allylic oxidation sites excluding steroid dienone is 3. The number of hydrogen-bond donors (Lipinski definition) is 0. The number of ketones is 1. The molecule has 2 atom stereocenters. The van der Waals surface area contributed by atoms with Crippen molar-refractivity contribution in [3.8, 4) is 0 Å². The van der Waals surface area contributed by atoms with Crippen LogP contribution in [0.15, 0.2) is 22.8 Å². The number of ether oxygens (including phenoxy) is 4. The quantitative estimate of drug-likeness (QED) is 0.723. The summed E-state index contributed by atoms with van der Waals surface area (Å²) in [5.74, 6) is 0.314. The Morgan fingerprint density at radius 1 is 1.04 bits per heavy atom. The third-order valence-corrected chi connectivity index (χ3v) is 6.99. The molecule has 26 heavy (non-hydrogen) atoms. The summed E-state index contributed by atoms with van der Waals surface area (Å²) >= 11 is 0. The van der Waals surface area contributed by atoms with E-state index in [-0.39, 0.29) is 0 Å². The Labute approximate surface area is 154 Å². The van der Waals surface area contributed by atoms with Gasteiger partial charge in [-0.2, -0.15) is 0 Å². The topological polar surface area (TPSA) is 54.0 Å². The SMILES string of the molecule is CC1(CCC2=C3CC=C4C(CCC45OCCO5)C3CCC2=O)OCCO1. The minimum absolute atomic E-state index is 0.329. The molecule has 2 heterocycles. The van der Waals surface area contributed by atoms with E-state index < -0.39 is 11.6 Å². The van der Waals surface area contributed by atoms with E-state index in [2.05, 4.69) is 6.08 Å². The van der Waals surface area contributed by atoms with Gasteiger partial charge in [0.25, 0.3) is 0 Å². The first-order valence-corrected chi connectivity index (χ1v) is 10.1. The largest absolute Gasteiger partial charge is 0.348 e. The lowest BCUT2D eigenvalue weighted by molar-refractivity contribution is -0.146. The first-order chi connectivity index (χ1) is 12.6. The average molecular weight is 360 g/mol. The van der Waals surface area contributed by atoms with E-state index in [1.807, 2.05) is 6.92 Å². The molecule has 0 bridgehead atoms. The molecule has 5 rings (SSSR count). The summed E-state index contributed by atoms with van der Waals surface area (Å²) < 4.78 is 23.5. The molecule has 5 heteroatoms. The summed E-state index contributed by atoms with van der Waals surface area (Å²) in [5, 5.41) is 0. The van der Waals surface area contributed by atoms with Crippen molar-refractivity contribution in [2.24, 2.45) is 11.8 Å². The Morgan fingerprint density at radius 2 is 1.77 bits per heavy atom. The molecule has 3 fully saturated rings. The predicted molar refractivity (Wildman–Crippen MR) is 94.4 cm³/mol. The van der Waals surface area contributed by atoms with Crippen LogP contribution in [0.4, 0.5) is 0 Å². The Bertz CT molecular complexity index is 664. The number of carbonyl (C=O) groups is 1. The summed E-state index contributed by atoms with van der Waals surface area (Å²) in [7, 11) is 0. The molecule has 0 aromatic heterocycles. The second kappa shape index (κ2) is 6.26. The van der Waals surface area contributed by atoms with Crippen LogP contribution in [0.25, 0.3) is 0 Å². The first kappa shape index (κ1) is 17.1. The third kappa shape index (κ3) is 2.63. The molecule has 0 aromatic carbocycles. The van der Waals surface area contributed by atoms with E-state index in [4.69, 9.17) is 18.9 Å². The standard InChI is InChI=1S/C21H28O5/c1-20(23-10-11-24-20)8-6-17-15-2-4-18-16(14(15)3-5-19(17)22)7-9-21(18)25-12-13-26-21/h4,14,16H,2-3,5-13H2,1H3. The summed E-state index contributed by atoms with van der Waals surface area (Å²) in [6.07, 6.45) is 8.38. The van der Waals surface area contributed by atoms with Crippen molar-refractivity contribution in [2.75, 3.05) is 26.4 Å². The van der Waals surface area contributed by atoms with Crippen molar-refractivity contribution in [3.63, 3.8) is 0 Å². The smallest absolute Gasteiger partial charge is 0.191 e. The highest BCUT2D eigenvalue weighted by Crippen LogP contribution is 2.55. The van der Waals surface area contributed by atoms with Crippen molar-refractivity contribution in [1.29, 1.82) is 0 Å². The summed E-state index contributed by atoms with van der Waals surface area (Å²) in [6.45, 7) is 4.67. The van der Waals surface area contributed by atoms with Gasteiger partial charge in [-0.1, -0.05) is 11.6 Å². The van der Waals surface area contributed by atoms with Crippen molar-refractivity contribution >= 4 is 5.78 Å². The molecule has 0 amide bonds. The number of fused-ring (bicyclic) bond motifs is 4. The lowest BCUT2D eigenvalue weighted by atomic mass is 9.68. The van der Waals surface area contributed by atoms with Crippen LogP contribution in [0.2, 0.25) is 0 Å². The number of hydrogen-bond acceptors (Lipinski definition) is 5. The molecule has 5 nitrogen and oxygen atoms in total. The zero-order valence-corrected chi connectivity index (χ0v) is 15.6. The molecular formula is C21H28O5. The van der Waals surface area contributed by atoms with Crippen LogP contribution in [0.5, 0.6) is 0 Å². The summed E-state index contributed by atoms with van der Waals surface area (Å²) in [4.78, 5) is 12.7. The van der Waals surface area contributed by atoms with Crippen LogP contribution in [-0.4, -0.2) is 43.8 Å². The molecule has 142 valence electrons. The van der Waals surface area contributed by atoms with Crippen molar-refractivity contribution < 1.29 is 23.7 Å². The maximum atomic E-state index is 12.7. The fourth-order valence-electron chi connectivity index (χ4n) is 5.72. The van der Waals surface area contributed by atoms with Gasteiger partial charge in [0.1, 0.15) is 0 Å². The maximum Gasteiger partial charge on any atom is 0.191 e. The van der Waals surface area contributed by atoms with Gasteiger partial charge in [0.15, 0.2) is 17.4 Å². The minimum atomic E-state index is -0.528. The van der Waals surface area contributed by atoms with Gasteiger partial charge in [0.05, 0.1) is 26.4 Å². The van der Waals surface area contributed by atoms with Crippen LogP contribution in [0, 0.1) is 11.8 Å². The number of rotatable bonds is 3. The molecule has 5 aliphatic rings. The van der Waals surface area contributed by atoms with Crippen LogP contribution in [0.1, 0.15) is 51.9 Å². The fraction of sp³-hybridized carbons (Fsp3) is 0.762. The molecule has 0 N–H and O–H groups in total. The molecule has 0 aromatic rings. The molecule has 2 saturated heterocycles. The van der Waals surface area contributed by atoms with Gasteiger partial charge >= 0.3 is 0 Å². The average Bonchev–Trinajstić information content (AvgIpc) is 3.37. The van der Waals surface area contributed by atoms with Gasteiger partial charge in [0, 0.05) is 19.3 Å².